The Morgan fingerprint density at radius 2 is 2.27 bits per heavy atom. The van der Waals surface area contributed by atoms with Gasteiger partial charge in [-0.25, -0.2) is 4.39 Å². The molecule has 0 atom stereocenters. The maximum atomic E-state index is 12.8. The second-order valence-corrected chi connectivity index (χ2v) is 2.93. The van der Waals surface area contributed by atoms with Crippen molar-refractivity contribution in [1.29, 1.82) is 0 Å². The molecular formula is C8H6BrFO. The van der Waals surface area contributed by atoms with Gasteiger partial charge in [-0.3, -0.25) is 0 Å². The van der Waals surface area contributed by atoms with Crippen LogP contribution in [0.4, 0.5) is 4.39 Å². The zero-order valence-electron chi connectivity index (χ0n) is 5.68. The Kier molecular flexibility index (Phi) is 2.76. The Morgan fingerprint density at radius 3 is 2.82 bits per heavy atom. The molecule has 0 aromatic heterocycles. The van der Waals surface area contributed by atoms with Crippen molar-refractivity contribution in [2.75, 3.05) is 0 Å². The van der Waals surface area contributed by atoms with Crippen LogP contribution in [-0.2, 0) is 11.2 Å². The summed E-state index contributed by atoms with van der Waals surface area (Å²) in [5.74, 6) is -0.341. The molecule has 1 rings (SSSR count). The summed E-state index contributed by atoms with van der Waals surface area (Å²) >= 11 is 3.15. The van der Waals surface area contributed by atoms with E-state index in [9.17, 15) is 9.18 Å². The van der Waals surface area contributed by atoms with Crippen molar-refractivity contribution in [1.82, 2.24) is 0 Å². The van der Waals surface area contributed by atoms with Crippen molar-refractivity contribution >= 4 is 22.2 Å². The molecule has 0 radical (unpaired) electrons. The summed E-state index contributed by atoms with van der Waals surface area (Å²) in [6.07, 6.45) is 0.802. The van der Waals surface area contributed by atoms with Crippen LogP contribution in [0.25, 0.3) is 0 Å². The monoisotopic (exact) mass is 216 g/mol. The van der Waals surface area contributed by atoms with E-state index in [2.05, 4.69) is 15.9 Å². The number of hydrogen-bond donors (Lipinski definition) is 0. The van der Waals surface area contributed by atoms with Gasteiger partial charge in [0, 0.05) is 16.5 Å². The molecule has 0 aliphatic heterocycles. The minimum atomic E-state index is -0.341. The lowest BCUT2D eigenvalue weighted by atomic mass is 10.1. The number of halogens is 2. The maximum Gasteiger partial charge on any atom is 0.127 e. The van der Waals surface area contributed by atoms with Gasteiger partial charge in [-0.2, -0.15) is 0 Å². The van der Waals surface area contributed by atoms with Gasteiger partial charge in [0.2, 0.25) is 0 Å². The van der Waals surface area contributed by atoms with Gasteiger partial charge in [0.05, 0.1) is 0 Å². The van der Waals surface area contributed by atoms with E-state index in [4.69, 9.17) is 0 Å². The SMILES string of the molecule is O=CCc1c(F)cccc1Br. The lowest BCUT2D eigenvalue weighted by Gasteiger charge is -1.99. The number of carbonyl (C=O) groups is 1. The molecule has 0 saturated carbocycles. The van der Waals surface area contributed by atoms with E-state index in [1.54, 1.807) is 12.1 Å². The highest BCUT2D eigenvalue weighted by molar-refractivity contribution is 9.10. The molecule has 0 aliphatic rings. The van der Waals surface area contributed by atoms with E-state index in [1.165, 1.54) is 6.07 Å². The zero-order chi connectivity index (χ0) is 8.27. The smallest absolute Gasteiger partial charge is 0.127 e. The van der Waals surface area contributed by atoms with Gasteiger partial charge in [0.25, 0.3) is 0 Å². The molecule has 0 N–H and O–H groups in total. The first-order valence-electron chi connectivity index (χ1n) is 3.12. The van der Waals surface area contributed by atoms with E-state index in [1.807, 2.05) is 0 Å². The third kappa shape index (κ3) is 1.87. The van der Waals surface area contributed by atoms with Gasteiger partial charge < -0.3 is 4.79 Å². The van der Waals surface area contributed by atoms with Gasteiger partial charge >= 0.3 is 0 Å². The van der Waals surface area contributed by atoms with Gasteiger partial charge in [0.1, 0.15) is 12.1 Å². The fourth-order valence-corrected chi connectivity index (χ4v) is 1.31. The molecule has 0 aliphatic carbocycles. The Labute approximate surface area is 72.4 Å². The van der Waals surface area contributed by atoms with Crippen molar-refractivity contribution in [2.24, 2.45) is 0 Å². The highest BCUT2D eigenvalue weighted by Crippen LogP contribution is 2.19. The molecule has 0 amide bonds. The van der Waals surface area contributed by atoms with E-state index < -0.39 is 0 Å². The molecule has 0 unspecified atom stereocenters. The summed E-state index contributed by atoms with van der Waals surface area (Å²) in [7, 11) is 0. The van der Waals surface area contributed by atoms with Crippen LogP contribution in [0.15, 0.2) is 22.7 Å². The molecule has 1 nitrogen and oxygen atoms in total. The predicted octanol–water partition coefficient (Wildman–Crippen LogP) is 2.33. The average molecular weight is 217 g/mol. The van der Waals surface area contributed by atoms with E-state index in [0.717, 1.165) is 0 Å². The molecule has 0 heterocycles. The van der Waals surface area contributed by atoms with E-state index in [0.29, 0.717) is 16.3 Å². The number of aldehydes is 1. The second-order valence-electron chi connectivity index (χ2n) is 2.07. The van der Waals surface area contributed by atoms with Gasteiger partial charge in [-0.15, -0.1) is 0 Å². The van der Waals surface area contributed by atoms with Crippen LogP contribution in [0, 0.1) is 5.82 Å². The molecule has 3 heteroatoms. The van der Waals surface area contributed by atoms with Crippen molar-refractivity contribution in [2.45, 2.75) is 6.42 Å². The second kappa shape index (κ2) is 3.62. The Balaban J connectivity index is 3.09. The fourth-order valence-electron chi connectivity index (χ4n) is 0.811. The normalized spacial score (nSPS) is 9.64. The summed E-state index contributed by atoms with van der Waals surface area (Å²) in [4.78, 5) is 10.1. The fraction of sp³-hybridized carbons (Fsp3) is 0.125. The molecule has 0 saturated heterocycles. The minimum absolute atomic E-state index is 0.118. The number of hydrogen-bond acceptors (Lipinski definition) is 1. The van der Waals surface area contributed by atoms with Crippen molar-refractivity contribution in [3.63, 3.8) is 0 Å². The number of rotatable bonds is 2. The Morgan fingerprint density at radius 1 is 1.55 bits per heavy atom. The van der Waals surface area contributed by atoms with Gasteiger partial charge in [-0.05, 0) is 12.1 Å². The first-order chi connectivity index (χ1) is 5.25. The van der Waals surface area contributed by atoms with Crippen LogP contribution in [0.1, 0.15) is 5.56 Å². The zero-order valence-corrected chi connectivity index (χ0v) is 7.27. The highest BCUT2D eigenvalue weighted by atomic mass is 79.9. The topological polar surface area (TPSA) is 17.1 Å². The molecular weight excluding hydrogens is 211 g/mol. The van der Waals surface area contributed by atoms with Gasteiger partial charge in [-0.1, -0.05) is 22.0 Å². The van der Waals surface area contributed by atoms with Crippen molar-refractivity contribution in [3.05, 3.63) is 34.1 Å². The lowest BCUT2D eigenvalue weighted by molar-refractivity contribution is -0.107. The molecule has 0 bridgehead atoms. The summed E-state index contributed by atoms with van der Waals surface area (Å²) in [6, 6.07) is 4.64. The third-order valence-corrected chi connectivity index (χ3v) is 2.09. The van der Waals surface area contributed by atoms with Crippen LogP contribution in [0.2, 0.25) is 0 Å². The average Bonchev–Trinajstić information content (AvgIpc) is 1.97. The highest BCUT2D eigenvalue weighted by Gasteiger charge is 2.03. The maximum absolute atomic E-state index is 12.8. The van der Waals surface area contributed by atoms with E-state index >= 15 is 0 Å². The lowest BCUT2D eigenvalue weighted by Crippen LogP contribution is -1.92. The molecule has 1 aromatic carbocycles. The van der Waals surface area contributed by atoms with Crippen molar-refractivity contribution in [3.8, 4) is 0 Å². The molecule has 0 spiro atoms. The van der Waals surface area contributed by atoms with Gasteiger partial charge in [0.15, 0.2) is 0 Å². The largest absolute Gasteiger partial charge is 0.303 e. The molecule has 0 fully saturated rings. The summed E-state index contributed by atoms with van der Waals surface area (Å²) in [5.41, 5.74) is 0.419. The van der Waals surface area contributed by atoms with Crippen LogP contribution in [0.5, 0.6) is 0 Å². The Hall–Kier alpha value is -0.700. The van der Waals surface area contributed by atoms with Crippen LogP contribution >= 0.6 is 15.9 Å². The van der Waals surface area contributed by atoms with Crippen molar-refractivity contribution < 1.29 is 9.18 Å². The first kappa shape index (κ1) is 8.40. The predicted molar refractivity (Wildman–Crippen MR) is 43.9 cm³/mol. The summed E-state index contributed by atoms with van der Waals surface area (Å²) in [6.45, 7) is 0. The first-order valence-corrected chi connectivity index (χ1v) is 3.91. The quantitative estimate of drug-likeness (QED) is 0.694. The number of carbonyl (C=O) groups excluding carboxylic acids is 1. The minimum Gasteiger partial charge on any atom is -0.303 e. The number of benzene rings is 1. The van der Waals surface area contributed by atoms with E-state index in [-0.39, 0.29) is 12.2 Å². The van der Waals surface area contributed by atoms with Crippen LogP contribution in [-0.4, -0.2) is 6.29 Å². The summed E-state index contributed by atoms with van der Waals surface area (Å²) < 4.78 is 13.5. The Bertz CT molecular complexity index is 253. The van der Waals surface area contributed by atoms with Crippen LogP contribution < -0.4 is 0 Å². The summed E-state index contributed by atoms with van der Waals surface area (Å²) in [5, 5.41) is 0. The standard InChI is InChI=1S/C8H6BrFO/c9-7-2-1-3-8(10)6(7)4-5-11/h1-3,5H,4H2. The third-order valence-electron chi connectivity index (χ3n) is 1.35. The molecule has 11 heavy (non-hydrogen) atoms. The molecule has 1 aromatic rings. The molecule has 58 valence electrons. The van der Waals surface area contributed by atoms with Crippen LogP contribution in [0.3, 0.4) is 0 Å².